The van der Waals surface area contributed by atoms with E-state index in [1.165, 1.54) is 0 Å². The molecule has 0 atom stereocenters. The van der Waals surface area contributed by atoms with Gasteiger partial charge in [-0.3, -0.25) is 4.98 Å². The van der Waals surface area contributed by atoms with Crippen LogP contribution >= 0.6 is 0 Å². The van der Waals surface area contributed by atoms with Gasteiger partial charge in [-0.25, -0.2) is 13.1 Å². The molecule has 0 unspecified atom stereocenters. The zero-order valence-electron chi connectivity index (χ0n) is 10.3. The monoisotopic (exact) mass is 277 g/mol. The van der Waals surface area contributed by atoms with E-state index in [2.05, 4.69) is 9.71 Å². The Labute approximate surface area is 111 Å². The van der Waals surface area contributed by atoms with Crippen molar-refractivity contribution in [2.24, 2.45) is 5.73 Å². The number of hydrogen-bond acceptors (Lipinski definition) is 4. The minimum absolute atomic E-state index is 0.284. The summed E-state index contributed by atoms with van der Waals surface area (Å²) in [5, 5.41) is 1.49. The molecule has 5 nitrogen and oxygen atoms in total. The van der Waals surface area contributed by atoms with Gasteiger partial charge in [-0.2, -0.15) is 0 Å². The maximum atomic E-state index is 12.5. The quantitative estimate of drug-likeness (QED) is 0.873. The lowest BCUT2D eigenvalue weighted by molar-refractivity contribution is 0.545. The molecule has 1 saturated carbocycles. The van der Waals surface area contributed by atoms with Crippen molar-refractivity contribution in [2.45, 2.75) is 23.3 Å². The van der Waals surface area contributed by atoms with Gasteiger partial charge in [0.05, 0.1) is 4.90 Å². The van der Waals surface area contributed by atoms with Crippen molar-refractivity contribution in [1.82, 2.24) is 9.71 Å². The molecule has 1 aliphatic rings. The van der Waals surface area contributed by atoms with E-state index in [-0.39, 0.29) is 4.90 Å². The Kier molecular flexibility index (Phi) is 2.81. The first-order chi connectivity index (χ1) is 9.06. The number of fused-ring (bicyclic) bond motifs is 1. The van der Waals surface area contributed by atoms with Gasteiger partial charge in [0.1, 0.15) is 0 Å². The lowest BCUT2D eigenvalue weighted by Crippen LogP contribution is -2.42. The molecule has 3 N–H and O–H groups in total. The number of nitrogens with two attached hydrogens (primary N) is 1. The third kappa shape index (κ3) is 2.22. The van der Waals surface area contributed by atoms with E-state index in [0.29, 0.717) is 11.9 Å². The summed E-state index contributed by atoms with van der Waals surface area (Å²) < 4.78 is 27.7. The fourth-order valence-electron chi connectivity index (χ4n) is 2.17. The largest absolute Gasteiger partial charge is 0.329 e. The van der Waals surface area contributed by atoms with Crippen LogP contribution in [-0.2, 0) is 10.0 Å². The standard InChI is InChI=1S/C13H15N3O2S/c14-9-13(5-6-13)16-19(17,18)12-3-1-2-10-8-15-7-4-11(10)12/h1-4,7-8,16H,5-6,9,14H2. The summed E-state index contributed by atoms with van der Waals surface area (Å²) in [6.07, 6.45) is 4.85. The van der Waals surface area contributed by atoms with Crippen LogP contribution in [0.2, 0.25) is 0 Å². The van der Waals surface area contributed by atoms with Crippen LogP contribution in [0.15, 0.2) is 41.6 Å². The Balaban J connectivity index is 2.08. The highest BCUT2D eigenvalue weighted by molar-refractivity contribution is 7.89. The van der Waals surface area contributed by atoms with Crippen LogP contribution in [0.5, 0.6) is 0 Å². The van der Waals surface area contributed by atoms with E-state index in [1.54, 1.807) is 30.6 Å². The third-order valence-electron chi connectivity index (χ3n) is 3.53. The van der Waals surface area contributed by atoms with Gasteiger partial charge < -0.3 is 5.73 Å². The van der Waals surface area contributed by atoms with Gasteiger partial charge in [0.25, 0.3) is 0 Å². The maximum Gasteiger partial charge on any atom is 0.241 e. The van der Waals surface area contributed by atoms with Crippen molar-refractivity contribution in [3.8, 4) is 0 Å². The fraction of sp³-hybridized carbons (Fsp3) is 0.308. The van der Waals surface area contributed by atoms with Crippen molar-refractivity contribution in [1.29, 1.82) is 0 Å². The molecule has 0 spiro atoms. The van der Waals surface area contributed by atoms with Crippen molar-refractivity contribution in [3.63, 3.8) is 0 Å². The molecule has 1 aromatic carbocycles. The van der Waals surface area contributed by atoms with Gasteiger partial charge in [-0.05, 0) is 25.0 Å². The Morgan fingerprint density at radius 1 is 1.32 bits per heavy atom. The van der Waals surface area contributed by atoms with E-state index < -0.39 is 15.6 Å². The zero-order chi connectivity index (χ0) is 13.5. The predicted molar refractivity (Wildman–Crippen MR) is 73.1 cm³/mol. The summed E-state index contributed by atoms with van der Waals surface area (Å²) in [4.78, 5) is 4.29. The highest BCUT2D eigenvalue weighted by Gasteiger charge is 2.45. The van der Waals surface area contributed by atoms with Gasteiger partial charge in [0.2, 0.25) is 10.0 Å². The highest BCUT2D eigenvalue weighted by atomic mass is 32.2. The topological polar surface area (TPSA) is 85.1 Å². The third-order valence-corrected chi connectivity index (χ3v) is 5.16. The van der Waals surface area contributed by atoms with E-state index in [9.17, 15) is 8.42 Å². The molecule has 19 heavy (non-hydrogen) atoms. The SMILES string of the molecule is NCC1(NS(=O)(=O)c2cccc3cnccc23)CC1. The molecule has 1 aromatic heterocycles. The van der Waals surface area contributed by atoms with Gasteiger partial charge in [0, 0.05) is 35.2 Å². The van der Waals surface area contributed by atoms with Crippen molar-refractivity contribution < 1.29 is 8.42 Å². The number of aromatic nitrogens is 1. The Morgan fingerprint density at radius 3 is 2.79 bits per heavy atom. The molecule has 0 radical (unpaired) electrons. The summed E-state index contributed by atoms with van der Waals surface area (Å²) in [7, 11) is -3.55. The van der Waals surface area contributed by atoms with Gasteiger partial charge in [0.15, 0.2) is 0 Å². The molecule has 0 aliphatic heterocycles. The Morgan fingerprint density at radius 2 is 2.11 bits per heavy atom. The van der Waals surface area contributed by atoms with E-state index in [0.717, 1.165) is 18.2 Å². The molecule has 1 aliphatic carbocycles. The second-order valence-corrected chi connectivity index (χ2v) is 6.59. The second-order valence-electron chi connectivity index (χ2n) is 4.94. The summed E-state index contributed by atoms with van der Waals surface area (Å²) >= 11 is 0. The lowest BCUT2D eigenvalue weighted by Gasteiger charge is -2.16. The molecule has 2 aromatic rings. The first-order valence-corrected chi connectivity index (χ1v) is 7.61. The average Bonchev–Trinajstić information content (AvgIpc) is 3.17. The number of benzene rings is 1. The van der Waals surface area contributed by atoms with E-state index >= 15 is 0 Å². The average molecular weight is 277 g/mol. The van der Waals surface area contributed by atoms with Gasteiger partial charge >= 0.3 is 0 Å². The summed E-state index contributed by atoms with van der Waals surface area (Å²) in [6, 6.07) is 6.89. The fourth-order valence-corrected chi connectivity index (χ4v) is 3.87. The summed E-state index contributed by atoms with van der Waals surface area (Å²) in [5.41, 5.74) is 5.19. The molecule has 100 valence electrons. The maximum absolute atomic E-state index is 12.5. The van der Waals surface area contributed by atoms with E-state index in [4.69, 9.17) is 5.73 Å². The number of hydrogen-bond donors (Lipinski definition) is 2. The van der Waals surface area contributed by atoms with Crippen molar-refractivity contribution in [3.05, 3.63) is 36.7 Å². The number of sulfonamides is 1. The minimum Gasteiger partial charge on any atom is -0.329 e. The lowest BCUT2D eigenvalue weighted by atomic mass is 10.2. The Hall–Kier alpha value is -1.50. The molecular weight excluding hydrogens is 262 g/mol. The molecular formula is C13H15N3O2S. The normalized spacial score (nSPS) is 17.5. The molecule has 3 rings (SSSR count). The van der Waals surface area contributed by atoms with E-state index in [1.807, 2.05) is 6.07 Å². The first kappa shape index (κ1) is 12.5. The van der Waals surface area contributed by atoms with Crippen LogP contribution in [0.4, 0.5) is 0 Å². The first-order valence-electron chi connectivity index (χ1n) is 6.13. The molecule has 0 amide bonds. The summed E-state index contributed by atoms with van der Waals surface area (Å²) in [6.45, 7) is 0.332. The number of pyridine rings is 1. The number of rotatable bonds is 4. The number of nitrogens with zero attached hydrogens (tertiary/aromatic N) is 1. The van der Waals surface area contributed by atoms with Crippen LogP contribution in [0, 0.1) is 0 Å². The summed E-state index contributed by atoms with van der Waals surface area (Å²) in [5.74, 6) is 0. The van der Waals surface area contributed by atoms with Crippen LogP contribution in [0.25, 0.3) is 10.8 Å². The number of nitrogens with one attached hydrogen (secondary N) is 1. The van der Waals surface area contributed by atoms with Crippen LogP contribution < -0.4 is 10.5 Å². The second kappa shape index (κ2) is 4.26. The van der Waals surface area contributed by atoms with Crippen LogP contribution in [0.1, 0.15) is 12.8 Å². The van der Waals surface area contributed by atoms with Gasteiger partial charge in [-0.15, -0.1) is 0 Å². The Bertz CT molecular complexity index is 718. The highest BCUT2D eigenvalue weighted by Crippen LogP contribution is 2.36. The molecule has 6 heteroatoms. The zero-order valence-corrected chi connectivity index (χ0v) is 11.2. The van der Waals surface area contributed by atoms with Gasteiger partial charge in [-0.1, -0.05) is 12.1 Å². The molecule has 1 heterocycles. The molecule has 1 fully saturated rings. The minimum atomic E-state index is -3.55. The smallest absolute Gasteiger partial charge is 0.241 e. The molecule has 0 saturated heterocycles. The van der Waals surface area contributed by atoms with Crippen LogP contribution in [0.3, 0.4) is 0 Å². The van der Waals surface area contributed by atoms with Crippen molar-refractivity contribution in [2.75, 3.05) is 6.54 Å². The predicted octanol–water partition coefficient (Wildman–Crippen LogP) is 1.00. The molecule has 0 bridgehead atoms. The van der Waals surface area contributed by atoms with Crippen LogP contribution in [-0.4, -0.2) is 25.5 Å². The van der Waals surface area contributed by atoms with Crippen molar-refractivity contribution >= 4 is 20.8 Å².